The number of para-hydroxylation sites is 2. The highest BCUT2D eigenvalue weighted by Gasteiger charge is 2.27. The molecule has 3 aromatic carbocycles. The molecule has 186 valence electrons. The lowest BCUT2D eigenvalue weighted by atomic mass is 10.2. The molecule has 1 aliphatic rings. The molecule has 0 fully saturated rings. The Hall–Kier alpha value is -4.73. The van der Waals surface area contributed by atoms with Crippen LogP contribution >= 0.6 is 0 Å². The first-order chi connectivity index (χ1) is 17.5. The summed E-state index contributed by atoms with van der Waals surface area (Å²) in [5.74, 6) is 1.44. The number of hydrogen-bond acceptors (Lipinski definition) is 9. The zero-order chi connectivity index (χ0) is 25.5. The number of carbonyl (C=O) groups is 2. The molecule has 10 nitrogen and oxygen atoms in total. The largest absolute Gasteiger partial charge is 0.493 e. The van der Waals surface area contributed by atoms with Gasteiger partial charge in [-0.25, -0.2) is 10.2 Å². The predicted molar refractivity (Wildman–Crippen MR) is 130 cm³/mol. The van der Waals surface area contributed by atoms with E-state index < -0.39 is 18.0 Å². The maximum Gasteiger partial charge on any atom is 0.343 e. The van der Waals surface area contributed by atoms with Gasteiger partial charge in [-0.1, -0.05) is 12.1 Å². The highest BCUT2D eigenvalue weighted by Crippen LogP contribution is 2.38. The zero-order valence-corrected chi connectivity index (χ0v) is 19.8. The van der Waals surface area contributed by atoms with Crippen molar-refractivity contribution in [3.63, 3.8) is 0 Å². The number of hydrogen-bond donors (Lipinski definition) is 1. The second-order valence-corrected chi connectivity index (χ2v) is 7.47. The number of methoxy groups -OCH3 is 3. The van der Waals surface area contributed by atoms with Gasteiger partial charge in [-0.05, 0) is 54.1 Å². The molecule has 0 bridgehead atoms. The molecule has 1 N–H and O–H groups in total. The molecule has 4 rings (SSSR count). The van der Waals surface area contributed by atoms with Crippen molar-refractivity contribution >= 4 is 18.1 Å². The van der Waals surface area contributed by atoms with Crippen molar-refractivity contribution < 1.29 is 38.0 Å². The number of nitrogens with zero attached hydrogens (tertiary/aromatic N) is 1. The number of fused-ring (bicyclic) bond motifs is 1. The van der Waals surface area contributed by atoms with Crippen molar-refractivity contribution in [2.24, 2.45) is 5.10 Å². The van der Waals surface area contributed by atoms with Gasteiger partial charge in [0.15, 0.2) is 23.0 Å². The minimum atomic E-state index is -0.811. The molecule has 1 amide bonds. The third-order valence-electron chi connectivity index (χ3n) is 5.18. The molecule has 0 radical (unpaired) electrons. The first-order valence-corrected chi connectivity index (χ1v) is 10.9. The quantitative estimate of drug-likeness (QED) is 0.221. The van der Waals surface area contributed by atoms with E-state index >= 15 is 0 Å². The Morgan fingerprint density at radius 1 is 0.944 bits per heavy atom. The molecule has 0 saturated heterocycles. The van der Waals surface area contributed by atoms with Gasteiger partial charge in [-0.3, -0.25) is 4.79 Å². The molecular formula is C26H24N2O8. The van der Waals surface area contributed by atoms with Crippen LogP contribution in [0.1, 0.15) is 15.9 Å². The number of amides is 1. The van der Waals surface area contributed by atoms with Crippen LogP contribution in [0.4, 0.5) is 0 Å². The molecule has 1 aliphatic heterocycles. The van der Waals surface area contributed by atoms with Gasteiger partial charge in [-0.15, -0.1) is 0 Å². The van der Waals surface area contributed by atoms with E-state index in [4.69, 9.17) is 28.4 Å². The SMILES string of the molecule is COc1cc(C(=O)Oc2ccc(/C=N\NC(=O)C3COc4ccccc4O3)cc2)cc(OC)c1OC. The van der Waals surface area contributed by atoms with Crippen LogP contribution in [0, 0.1) is 0 Å². The Morgan fingerprint density at radius 2 is 1.61 bits per heavy atom. The lowest BCUT2D eigenvalue weighted by molar-refractivity contribution is -0.130. The van der Waals surface area contributed by atoms with Crippen molar-refractivity contribution in [2.75, 3.05) is 27.9 Å². The Labute approximate surface area is 207 Å². The second-order valence-electron chi connectivity index (χ2n) is 7.47. The number of hydrazone groups is 1. The summed E-state index contributed by atoms with van der Waals surface area (Å²) >= 11 is 0. The van der Waals surface area contributed by atoms with Crippen LogP contribution in [0.25, 0.3) is 0 Å². The summed E-state index contributed by atoms with van der Waals surface area (Å²) in [5.41, 5.74) is 3.34. The summed E-state index contributed by atoms with van der Waals surface area (Å²) in [6, 6.07) is 16.7. The van der Waals surface area contributed by atoms with E-state index in [1.54, 1.807) is 42.5 Å². The predicted octanol–water partition coefficient (Wildman–Crippen LogP) is 3.22. The molecule has 0 saturated carbocycles. The number of carbonyl (C=O) groups excluding carboxylic acids is 2. The normalized spacial score (nSPS) is 14.1. The van der Waals surface area contributed by atoms with E-state index in [9.17, 15) is 9.59 Å². The van der Waals surface area contributed by atoms with Crippen LogP contribution in [0.2, 0.25) is 0 Å². The van der Waals surface area contributed by atoms with E-state index in [0.29, 0.717) is 40.1 Å². The van der Waals surface area contributed by atoms with E-state index in [0.717, 1.165) is 0 Å². The summed E-state index contributed by atoms with van der Waals surface area (Å²) in [7, 11) is 4.40. The highest BCUT2D eigenvalue weighted by atomic mass is 16.6. The maximum absolute atomic E-state index is 12.6. The first-order valence-electron chi connectivity index (χ1n) is 10.9. The molecule has 0 aliphatic carbocycles. The number of rotatable bonds is 8. The summed E-state index contributed by atoms with van der Waals surface area (Å²) in [6.07, 6.45) is 0.648. The fourth-order valence-electron chi connectivity index (χ4n) is 3.38. The van der Waals surface area contributed by atoms with Gasteiger partial charge in [0.1, 0.15) is 12.4 Å². The lowest BCUT2D eigenvalue weighted by Gasteiger charge is -2.24. The number of ether oxygens (including phenoxy) is 6. The van der Waals surface area contributed by atoms with Crippen LogP contribution < -0.4 is 33.8 Å². The zero-order valence-electron chi connectivity index (χ0n) is 19.8. The second kappa shape index (κ2) is 11.1. The van der Waals surface area contributed by atoms with Crippen molar-refractivity contribution in [2.45, 2.75) is 6.10 Å². The van der Waals surface area contributed by atoms with Crippen molar-refractivity contribution in [3.05, 3.63) is 71.8 Å². The summed E-state index contributed by atoms with van der Waals surface area (Å²) < 4.78 is 32.4. The van der Waals surface area contributed by atoms with Gasteiger partial charge in [0.25, 0.3) is 5.91 Å². The average molecular weight is 492 g/mol. The minimum absolute atomic E-state index is 0.0877. The van der Waals surface area contributed by atoms with E-state index in [1.165, 1.54) is 39.7 Å². The topological polar surface area (TPSA) is 114 Å². The molecule has 1 heterocycles. The monoisotopic (exact) mass is 492 g/mol. The van der Waals surface area contributed by atoms with Crippen LogP contribution in [-0.2, 0) is 4.79 Å². The Balaban J connectivity index is 1.34. The lowest BCUT2D eigenvalue weighted by Crippen LogP contribution is -2.42. The molecule has 1 unspecified atom stereocenters. The molecule has 10 heteroatoms. The smallest absolute Gasteiger partial charge is 0.343 e. The summed E-state index contributed by atoms with van der Waals surface area (Å²) in [6.45, 7) is 0.0877. The molecule has 36 heavy (non-hydrogen) atoms. The fourth-order valence-corrected chi connectivity index (χ4v) is 3.38. The fraction of sp³-hybridized carbons (Fsp3) is 0.192. The average Bonchev–Trinajstić information content (AvgIpc) is 2.92. The molecular weight excluding hydrogens is 468 g/mol. The van der Waals surface area contributed by atoms with E-state index in [-0.39, 0.29) is 12.2 Å². The van der Waals surface area contributed by atoms with Gasteiger partial charge < -0.3 is 28.4 Å². The first kappa shape index (κ1) is 24.4. The highest BCUT2D eigenvalue weighted by molar-refractivity contribution is 5.93. The van der Waals surface area contributed by atoms with Crippen LogP contribution in [0.3, 0.4) is 0 Å². The number of nitrogens with one attached hydrogen (secondary N) is 1. The van der Waals surface area contributed by atoms with E-state index in [2.05, 4.69) is 10.5 Å². The maximum atomic E-state index is 12.6. The summed E-state index contributed by atoms with van der Waals surface area (Å²) in [4.78, 5) is 25.0. The van der Waals surface area contributed by atoms with Gasteiger partial charge in [0, 0.05) is 0 Å². The van der Waals surface area contributed by atoms with Gasteiger partial charge >= 0.3 is 5.97 Å². The molecule has 0 aromatic heterocycles. The van der Waals surface area contributed by atoms with Crippen molar-refractivity contribution in [3.8, 4) is 34.5 Å². The standard InChI is InChI=1S/C26H24N2O8/c1-31-21-12-17(13-22(32-2)24(21)33-3)26(30)35-18-10-8-16(9-11-18)14-27-28-25(29)23-15-34-19-6-4-5-7-20(19)36-23/h4-14,23H,15H2,1-3H3,(H,28,29)/b27-14-. The molecule has 1 atom stereocenters. The van der Waals surface area contributed by atoms with Crippen molar-refractivity contribution in [1.82, 2.24) is 5.43 Å². The Bertz CT molecular complexity index is 1250. The van der Waals surface area contributed by atoms with Gasteiger partial charge in [0.2, 0.25) is 11.9 Å². The van der Waals surface area contributed by atoms with Crippen LogP contribution in [0.15, 0.2) is 65.8 Å². The molecule has 0 spiro atoms. The third kappa shape index (κ3) is 5.49. The third-order valence-corrected chi connectivity index (χ3v) is 5.18. The van der Waals surface area contributed by atoms with Gasteiger partial charge in [0.05, 0.1) is 33.1 Å². The van der Waals surface area contributed by atoms with E-state index in [1.807, 2.05) is 6.07 Å². The Morgan fingerprint density at radius 3 is 2.25 bits per heavy atom. The Kier molecular flexibility index (Phi) is 7.54. The number of esters is 1. The van der Waals surface area contributed by atoms with Crippen LogP contribution in [-0.4, -0.2) is 52.1 Å². The van der Waals surface area contributed by atoms with Crippen molar-refractivity contribution in [1.29, 1.82) is 0 Å². The van der Waals surface area contributed by atoms with Gasteiger partial charge in [-0.2, -0.15) is 5.10 Å². The number of benzene rings is 3. The molecule has 3 aromatic rings. The minimum Gasteiger partial charge on any atom is -0.493 e. The summed E-state index contributed by atoms with van der Waals surface area (Å²) in [5, 5.41) is 3.96. The van der Waals surface area contributed by atoms with Crippen LogP contribution in [0.5, 0.6) is 34.5 Å².